The molecule has 0 saturated carbocycles. The summed E-state index contributed by atoms with van der Waals surface area (Å²) in [5.74, 6) is 0.973. The zero-order valence-corrected chi connectivity index (χ0v) is 12.1. The Morgan fingerprint density at radius 2 is 1.95 bits per heavy atom. The molecule has 2 nitrogen and oxygen atoms in total. The van der Waals surface area contributed by atoms with Crippen molar-refractivity contribution >= 4 is 0 Å². The summed E-state index contributed by atoms with van der Waals surface area (Å²) >= 11 is 0. The van der Waals surface area contributed by atoms with Crippen molar-refractivity contribution in [1.29, 1.82) is 0 Å². The van der Waals surface area contributed by atoms with E-state index in [1.54, 1.807) is 0 Å². The van der Waals surface area contributed by atoms with Gasteiger partial charge in [0.05, 0.1) is 0 Å². The summed E-state index contributed by atoms with van der Waals surface area (Å²) in [5.41, 5.74) is 5.34. The molecule has 0 spiro atoms. The summed E-state index contributed by atoms with van der Waals surface area (Å²) in [6.45, 7) is 2.73. The summed E-state index contributed by atoms with van der Waals surface area (Å²) in [6, 6.07) is 15.5. The van der Waals surface area contributed by atoms with Gasteiger partial charge < -0.3 is 10.1 Å². The Morgan fingerprint density at radius 1 is 1.15 bits per heavy atom. The van der Waals surface area contributed by atoms with Crippen LogP contribution in [-0.4, -0.2) is 7.05 Å². The Balaban J connectivity index is 1.68. The lowest BCUT2D eigenvalue weighted by Crippen LogP contribution is -2.12. The summed E-state index contributed by atoms with van der Waals surface area (Å²) in [4.78, 5) is 0. The third-order valence-electron chi connectivity index (χ3n) is 4.07. The Labute approximate surface area is 120 Å². The predicted octanol–water partition coefficient (Wildman–Crippen LogP) is 3.78. The van der Waals surface area contributed by atoms with Gasteiger partial charge in [0.2, 0.25) is 0 Å². The van der Waals surface area contributed by atoms with E-state index in [1.165, 1.54) is 28.7 Å². The molecule has 1 aliphatic rings. The minimum absolute atomic E-state index is 0.510. The molecule has 0 bridgehead atoms. The molecule has 0 heterocycles. The minimum Gasteiger partial charge on any atom is -0.489 e. The van der Waals surface area contributed by atoms with Crippen LogP contribution in [0.4, 0.5) is 0 Å². The third-order valence-corrected chi connectivity index (χ3v) is 4.07. The maximum atomic E-state index is 5.91. The molecule has 1 unspecified atom stereocenters. The monoisotopic (exact) mass is 267 g/mol. The van der Waals surface area contributed by atoms with Crippen molar-refractivity contribution in [2.75, 3.05) is 7.05 Å². The Hall–Kier alpha value is -1.80. The van der Waals surface area contributed by atoms with Crippen molar-refractivity contribution in [1.82, 2.24) is 5.32 Å². The number of hydrogen-bond donors (Lipinski definition) is 1. The lowest BCUT2D eigenvalue weighted by molar-refractivity contribution is 0.306. The normalized spacial score (nSPS) is 17.0. The summed E-state index contributed by atoms with van der Waals surface area (Å²) in [7, 11) is 2.03. The van der Waals surface area contributed by atoms with Crippen LogP contribution in [0.1, 0.15) is 34.7 Å². The molecular weight excluding hydrogens is 246 g/mol. The van der Waals surface area contributed by atoms with E-state index in [-0.39, 0.29) is 0 Å². The van der Waals surface area contributed by atoms with Crippen molar-refractivity contribution in [3.05, 3.63) is 64.7 Å². The lowest BCUT2D eigenvalue weighted by atomic mass is 10.1. The van der Waals surface area contributed by atoms with Gasteiger partial charge in [0.1, 0.15) is 12.4 Å². The van der Waals surface area contributed by atoms with Crippen molar-refractivity contribution in [3.8, 4) is 5.75 Å². The molecule has 3 rings (SSSR count). The molecule has 20 heavy (non-hydrogen) atoms. The smallest absolute Gasteiger partial charge is 0.120 e. The standard InChI is InChI=1S/C18H21NO/c1-13-3-5-14(6-4-13)12-20-16-8-9-17-15(11-16)7-10-18(17)19-2/h3-6,8-9,11,18-19H,7,10,12H2,1-2H3. The van der Waals surface area contributed by atoms with Crippen LogP contribution in [0.3, 0.4) is 0 Å². The first-order valence-corrected chi connectivity index (χ1v) is 7.24. The van der Waals surface area contributed by atoms with E-state index in [0.717, 1.165) is 12.2 Å². The fourth-order valence-corrected chi connectivity index (χ4v) is 2.83. The van der Waals surface area contributed by atoms with E-state index >= 15 is 0 Å². The molecule has 1 aliphatic carbocycles. The van der Waals surface area contributed by atoms with Gasteiger partial charge in [0, 0.05) is 6.04 Å². The second-order valence-corrected chi connectivity index (χ2v) is 5.51. The molecule has 2 heteroatoms. The number of benzene rings is 2. The SMILES string of the molecule is CNC1CCc2cc(OCc3ccc(C)cc3)ccc21. The molecule has 0 fully saturated rings. The van der Waals surface area contributed by atoms with E-state index in [9.17, 15) is 0 Å². The Kier molecular flexibility index (Phi) is 3.75. The average Bonchev–Trinajstić information content (AvgIpc) is 2.89. The first kappa shape index (κ1) is 13.2. The van der Waals surface area contributed by atoms with E-state index in [4.69, 9.17) is 4.74 Å². The van der Waals surface area contributed by atoms with E-state index in [0.29, 0.717) is 12.6 Å². The quantitative estimate of drug-likeness (QED) is 0.910. The first-order valence-electron chi connectivity index (χ1n) is 7.24. The summed E-state index contributed by atoms with van der Waals surface area (Å²) in [5, 5.41) is 3.36. The number of hydrogen-bond acceptors (Lipinski definition) is 2. The Bertz CT molecular complexity index is 589. The number of aryl methyl sites for hydroxylation is 2. The molecule has 2 aromatic rings. The lowest BCUT2D eigenvalue weighted by Gasteiger charge is -2.11. The highest BCUT2D eigenvalue weighted by atomic mass is 16.5. The van der Waals surface area contributed by atoms with Crippen molar-refractivity contribution in [2.24, 2.45) is 0 Å². The largest absolute Gasteiger partial charge is 0.489 e. The van der Waals surface area contributed by atoms with Gasteiger partial charge in [0.15, 0.2) is 0 Å². The van der Waals surface area contributed by atoms with Crippen molar-refractivity contribution < 1.29 is 4.74 Å². The topological polar surface area (TPSA) is 21.3 Å². The fraction of sp³-hybridized carbons (Fsp3) is 0.333. The fourth-order valence-electron chi connectivity index (χ4n) is 2.83. The van der Waals surface area contributed by atoms with Crippen LogP contribution >= 0.6 is 0 Å². The highest BCUT2D eigenvalue weighted by molar-refractivity contribution is 5.40. The molecule has 1 atom stereocenters. The number of fused-ring (bicyclic) bond motifs is 1. The Morgan fingerprint density at radius 3 is 2.70 bits per heavy atom. The van der Waals surface area contributed by atoms with Crippen molar-refractivity contribution in [3.63, 3.8) is 0 Å². The van der Waals surface area contributed by atoms with Gasteiger partial charge in [-0.15, -0.1) is 0 Å². The number of ether oxygens (including phenoxy) is 1. The maximum absolute atomic E-state index is 5.91. The van der Waals surface area contributed by atoms with Crippen LogP contribution < -0.4 is 10.1 Å². The molecule has 0 aliphatic heterocycles. The van der Waals surface area contributed by atoms with E-state index < -0.39 is 0 Å². The van der Waals surface area contributed by atoms with Gasteiger partial charge in [-0.25, -0.2) is 0 Å². The maximum Gasteiger partial charge on any atom is 0.120 e. The molecule has 0 radical (unpaired) electrons. The second-order valence-electron chi connectivity index (χ2n) is 5.51. The molecule has 2 aromatic carbocycles. The molecule has 0 amide bonds. The number of rotatable bonds is 4. The molecule has 104 valence electrons. The third kappa shape index (κ3) is 2.70. The molecule has 1 N–H and O–H groups in total. The molecular formula is C18H21NO. The molecule has 0 aromatic heterocycles. The summed E-state index contributed by atoms with van der Waals surface area (Å²) < 4.78 is 5.91. The predicted molar refractivity (Wildman–Crippen MR) is 82.1 cm³/mol. The highest BCUT2D eigenvalue weighted by Crippen LogP contribution is 2.33. The van der Waals surface area contributed by atoms with Gasteiger partial charge in [0.25, 0.3) is 0 Å². The van der Waals surface area contributed by atoms with Crippen LogP contribution in [0.25, 0.3) is 0 Å². The van der Waals surface area contributed by atoms with Crippen molar-refractivity contribution in [2.45, 2.75) is 32.4 Å². The van der Waals surface area contributed by atoms with Gasteiger partial charge in [-0.05, 0) is 55.6 Å². The second kappa shape index (κ2) is 5.68. The average molecular weight is 267 g/mol. The van der Waals surface area contributed by atoms with Crippen LogP contribution in [0.15, 0.2) is 42.5 Å². The minimum atomic E-state index is 0.510. The van der Waals surface area contributed by atoms with Gasteiger partial charge in [-0.3, -0.25) is 0 Å². The zero-order chi connectivity index (χ0) is 13.9. The van der Waals surface area contributed by atoms with Gasteiger partial charge >= 0.3 is 0 Å². The van der Waals surface area contributed by atoms with Crippen LogP contribution in [0, 0.1) is 6.92 Å². The zero-order valence-electron chi connectivity index (χ0n) is 12.1. The van der Waals surface area contributed by atoms with E-state index in [1.807, 2.05) is 7.05 Å². The molecule has 0 saturated heterocycles. The first-order chi connectivity index (χ1) is 9.76. The van der Waals surface area contributed by atoms with Crippen LogP contribution in [-0.2, 0) is 13.0 Å². The van der Waals surface area contributed by atoms with E-state index in [2.05, 4.69) is 54.7 Å². The van der Waals surface area contributed by atoms with Gasteiger partial charge in [-0.2, -0.15) is 0 Å². The number of nitrogens with one attached hydrogen (secondary N) is 1. The van der Waals surface area contributed by atoms with Gasteiger partial charge in [-0.1, -0.05) is 35.9 Å². The summed E-state index contributed by atoms with van der Waals surface area (Å²) in [6.07, 6.45) is 2.33. The highest BCUT2D eigenvalue weighted by Gasteiger charge is 2.20. The van der Waals surface area contributed by atoms with Crippen LogP contribution in [0.5, 0.6) is 5.75 Å². The van der Waals surface area contributed by atoms with Crippen LogP contribution in [0.2, 0.25) is 0 Å².